The summed E-state index contributed by atoms with van der Waals surface area (Å²) in [5.41, 5.74) is 5.69. The quantitative estimate of drug-likeness (QED) is 0.659. The van der Waals surface area contributed by atoms with E-state index in [9.17, 15) is 4.79 Å². The number of amides is 1. The van der Waals surface area contributed by atoms with Crippen LogP contribution >= 0.6 is 0 Å². The first-order valence-corrected chi connectivity index (χ1v) is 5.04. The Kier molecular flexibility index (Phi) is 6.49. The Hall–Kier alpha value is -0.610. The van der Waals surface area contributed by atoms with Crippen molar-refractivity contribution in [3.8, 4) is 0 Å². The zero-order valence-corrected chi connectivity index (χ0v) is 9.54. The van der Waals surface area contributed by atoms with Crippen molar-refractivity contribution in [1.29, 1.82) is 0 Å². The minimum atomic E-state index is -0.417. The molecule has 0 radical (unpaired) electrons. The Morgan fingerprint density at radius 3 is 2.43 bits per heavy atom. The second-order valence-corrected chi connectivity index (χ2v) is 3.96. The van der Waals surface area contributed by atoms with Crippen molar-refractivity contribution in [2.45, 2.75) is 39.3 Å². The number of carbonyl (C=O) groups is 1. The summed E-state index contributed by atoms with van der Waals surface area (Å²) in [6, 6.07) is -0.299. The predicted molar refractivity (Wildman–Crippen MR) is 56.9 cm³/mol. The molecule has 0 fully saturated rings. The van der Waals surface area contributed by atoms with Crippen molar-refractivity contribution in [2.24, 2.45) is 11.7 Å². The summed E-state index contributed by atoms with van der Waals surface area (Å²) >= 11 is 0. The van der Waals surface area contributed by atoms with Gasteiger partial charge in [-0.3, -0.25) is 4.79 Å². The minimum absolute atomic E-state index is 0.0800. The number of hydrogen-bond donors (Lipinski definition) is 2. The number of rotatable bonds is 6. The maximum Gasteiger partial charge on any atom is 0.237 e. The highest BCUT2D eigenvalue weighted by Crippen LogP contribution is 1.99. The third kappa shape index (κ3) is 5.19. The summed E-state index contributed by atoms with van der Waals surface area (Å²) in [5.74, 6) is 0.0910. The molecule has 0 aromatic heterocycles. The molecule has 1 amide bonds. The highest BCUT2D eigenvalue weighted by atomic mass is 16.5. The molecule has 0 aliphatic carbocycles. The van der Waals surface area contributed by atoms with Gasteiger partial charge in [-0.25, -0.2) is 0 Å². The Labute approximate surface area is 86.2 Å². The van der Waals surface area contributed by atoms with Crippen LogP contribution in [0.25, 0.3) is 0 Å². The first-order chi connectivity index (χ1) is 6.49. The Morgan fingerprint density at radius 2 is 2.00 bits per heavy atom. The zero-order valence-electron chi connectivity index (χ0n) is 9.54. The van der Waals surface area contributed by atoms with E-state index in [1.54, 1.807) is 7.11 Å². The predicted octanol–water partition coefficient (Wildman–Crippen LogP) is 0.511. The average Bonchev–Trinajstić information content (AvgIpc) is 2.13. The molecule has 3 N–H and O–H groups in total. The van der Waals surface area contributed by atoms with Crippen LogP contribution in [0, 0.1) is 5.92 Å². The van der Waals surface area contributed by atoms with Gasteiger partial charge in [0.25, 0.3) is 0 Å². The number of hydrogen-bond acceptors (Lipinski definition) is 3. The highest BCUT2D eigenvalue weighted by molar-refractivity contribution is 5.81. The molecule has 0 aromatic rings. The molecule has 0 aliphatic heterocycles. The Morgan fingerprint density at radius 1 is 1.43 bits per heavy atom. The highest BCUT2D eigenvalue weighted by Gasteiger charge is 2.18. The lowest BCUT2D eigenvalue weighted by molar-refractivity contribution is -0.123. The molecule has 0 saturated heterocycles. The molecule has 84 valence electrons. The number of methoxy groups -OCH3 is 1. The van der Waals surface area contributed by atoms with Crippen LogP contribution in [0.3, 0.4) is 0 Å². The van der Waals surface area contributed by atoms with Gasteiger partial charge >= 0.3 is 0 Å². The smallest absolute Gasteiger partial charge is 0.237 e. The van der Waals surface area contributed by atoms with E-state index in [2.05, 4.69) is 5.32 Å². The van der Waals surface area contributed by atoms with Crippen LogP contribution in [0.1, 0.15) is 27.2 Å². The molecule has 0 rings (SSSR count). The summed E-state index contributed by atoms with van der Waals surface area (Å²) in [7, 11) is 1.65. The third-order valence-corrected chi connectivity index (χ3v) is 2.16. The maximum atomic E-state index is 11.5. The normalized spacial score (nSPS) is 15.3. The van der Waals surface area contributed by atoms with Gasteiger partial charge in [-0.15, -0.1) is 0 Å². The zero-order chi connectivity index (χ0) is 11.1. The van der Waals surface area contributed by atoms with Crippen LogP contribution in [0.2, 0.25) is 0 Å². The molecular formula is C10H22N2O2. The lowest BCUT2D eigenvalue weighted by Crippen LogP contribution is -2.47. The molecular weight excluding hydrogens is 180 g/mol. The lowest BCUT2D eigenvalue weighted by atomic mass is 10.0. The third-order valence-electron chi connectivity index (χ3n) is 2.16. The fraction of sp³-hybridized carbons (Fsp3) is 0.900. The number of nitrogens with one attached hydrogen (secondary N) is 1. The van der Waals surface area contributed by atoms with Crippen LogP contribution in [-0.4, -0.2) is 31.7 Å². The van der Waals surface area contributed by atoms with Crippen molar-refractivity contribution in [2.75, 3.05) is 13.7 Å². The molecule has 4 heteroatoms. The van der Waals surface area contributed by atoms with E-state index >= 15 is 0 Å². The first kappa shape index (κ1) is 13.4. The SMILES string of the molecule is COCCC(C)NC(=O)[C@H](N)C(C)C. The van der Waals surface area contributed by atoms with E-state index in [-0.39, 0.29) is 17.9 Å². The molecule has 4 nitrogen and oxygen atoms in total. The summed E-state index contributed by atoms with van der Waals surface area (Å²) in [5, 5.41) is 2.85. The summed E-state index contributed by atoms with van der Waals surface area (Å²) in [6.07, 6.45) is 0.813. The minimum Gasteiger partial charge on any atom is -0.385 e. The first-order valence-electron chi connectivity index (χ1n) is 5.04. The lowest BCUT2D eigenvalue weighted by Gasteiger charge is -2.19. The molecule has 0 saturated carbocycles. The molecule has 0 aliphatic rings. The number of nitrogens with two attached hydrogens (primary N) is 1. The van der Waals surface area contributed by atoms with E-state index in [1.807, 2.05) is 20.8 Å². The van der Waals surface area contributed by atoms with Gasteiger partial charge in [-0.2, -0.15) is 0 Å². The van der Waals surface area contributed by atoms with Gasteiger partial charge in [0, 0.05) is 19.8 Å². The maximum absolute atomic E-state index is 11.5. The van der Waals surface area contributed by atoms with Gasteiger partial charge in [0.15, 0.2) is 0 Å². The number of carbonyl (C=O) groups excluding carboxylic acids is 1. The summed E-state index contributed by atoms with van der Waals surface area (Å²) < 4.78 is 4.92. The van der Waals surface area contributed by atoms with Crippen molar-refractivity contribution in [3.05, 3.63) is 0 Å². The second-order valence-electron chi connectivity index (χ2n) is 3.96. The van der Waals surface area contributed by atoms with E-state index < -0.39 is 6.04 Å². The topological polar surface area (TPSA) is 64.3 Å². The van der Waals surface area contributed by atoms with Crippen LogP contribution < -0.4 is 11.1 Å². The van der Waals surface area contributed by atoms with Gasteiger partial charge in [-0.05, 0) is 19.3 Å². The Bertz CT molecular complexity index is 172. The van der Waals surface area contributed by atoms with E-state index in [4.69, 9.17) is 10.5 Å². The van der Waals surface area contributed by atoms with Crippen LogP contribution in [0.4, 0.5) is 0 Å². The van der Waals surface area contributed by atoms with Gasteiger partial charge in [-0.1, -0.05) is 13.8 Å². The molecule has 14 heavy (non-hydrogen) atoms. The van der Waals surface area contributed by atoms with Crippen LogP contribution in [0.5, 0.6) is 0 Å². The number of ether oxygens (including phenoxy) is 1. The van der Waals surface area contributed by atoms with Crippen molar-refractivity contribution in [1.82, 2.24) is 5.32 Å². The monoisotopic (exact) mass is 202 g/mol. The van der Waals surface area contributed by atoms with Crippen molar-refractivity contribution < 1.29 is 9.53 Å². The van der Waals surface area contributed by atoms with E-state index in [1.165, 1.54) is 0 Å². The fourth-order valence-electron chi connectivity index (χ4n) is 1.01. The molecule has 2 atom stereocenters. The van der Waals surface area contributed by atoms with Crippen molar-refractivity contribution in [3.63, 3.8) is 0 Å². The molecule has 0 aromatic carbocycles. The van der Waals surface area contributed by atoms with Crippen LogP contribution in [-0.2, 0) is 9.53 Å². The average molecular weight is 202 g/mol. The van der Waals surface area contributed by atoms with Gasteiger partial charge in [0.1, 0.15) is 0 Å². The van der Waals surface area contributed by atoms with Gasteiger partial charge in [0.2, 0.25) is 5.91 Å². The molecule has 0 spiro atoms. The van der Waals surface area contributed by atoms with E-state index in [0.717, 1.165) is 6.42 Å². The standard InChI is InChI=1S/C10H22N2O2/c1-7(2)9(11)10(13)12-8(3)5-6-14-4/h7-9H,5-6,11H2,1-4H3,(H,12,13)/t8?,9-/m1/s1. The summed E-state index contributed by atoms with van der Waals surface area (Å²) in [6.45, 7) is 6.47. The fourth-order valence-corrected chi connectivity index (χ4v) is 1.01. The van der Waals surface area contributed by atoms with Crippen molar-refractivity contribution >= 4 is 5.91 Å². The largest absolute Gasteiger partial charge is 0.385 e. The summed E-state index contributed by atoms with van der Waals surface area (Å²) in [4.78, 5) is 11.5. The molecule has 0 heterocycles. The molecule has 1 unspecified atom stereocenters. The second kappa shape index (κ2) is 6.79. The van der Waals surface area contributed by atoms with Gasteiger partial charge < -0.3 is 15.8 Å². The van der Waals surface area contributed by atoms with Gasteiger partial charge in [0.05, 0.1) is 6.04 Å². The van der Waals surface area contributed by atoms with Crippen LogP contribution in [0.15, 0.2) is 0 Å². The Balaban J connectivity index is 3.81. The molecule has 0 bridgehead atoms. The van der Waals surface area contributed by atoms with E-state index in [0.29, 0.717) is 6.61 Å².